The first-order chi connectivity index (χ1) is 10.4. The quantitative estimate of drug-likeness (QED) is 0.830. The molecule has 0 spiro atoms. The van der Waals surface area contributed by atoms with Gasteiger partial charge in [-0.25, -0.2) is 21.9 Å². The van der Waals surface area contributed by atoms with E-state index < -0.39 is 21.7 Å². The topological polar surface area (TPSA) is 55.4 Å². The highest BCUT2D eigenvalue weighted by atomic mass is 32.2. The molecule has 0 aromatic heterocycles. The van der Waals surface area contributed by atoms with Crippen LogP contribution >= 0.6 is 0 Å². The highest BCUT2D eigenvalue weighted by Gasteiger charge is 2.15. The average Bonchev–Trinajstić information content (AvgIpc) is 2.48. The van der Waals surface area contributed by atoms with Gasteiger partial charge in [0.05, 0.1) is 4.90 Å². The summed E-state index contributed by atoms with van der Waals surface area (Å²) in [5.74, 6) is -1.68. The number of halogens is 2. The van der Waals surface area contributed by atoms with Gasteiger partial charge >= 0.3 is 0 Å². The van der Waals surface area contributed by atoms with Gasteiger partial charge in [-0.15, -0.1) is 0 Å². The summed E-state index contributed by atoms with van der Waals surface area (Å²) in [5, 5.41) is 0. The van der Waals surface area contributed by atoms with Gasteiger partial charge in [0.1, 0.15) is 12.4 Å². The number of sulfonamides is 1. The van der Waals surface area contributed by atoms with Crippen LogP contribution in [0.4, 0.5) is 8.78 Å². The van der Waals surface area contributed by atoms with E-state index in [2.05, 4.69) is 4.72 Å². The Kier molecular flexibility index (Phi) is 5.10. The molecule has 1 N–H and O–H groups in total. The van der Waals surface area contributed by atoms with Crippen LogP contribution in [0.25, 0.3) is 0 Å². The zero-order valence-corrected chi connectivity index (χ0v) is 12.7. The first kappa shape index (κ1) is 16.4. The Morgan fingerprint density at radius 1 is 1.05 bits per heavy atom. The summed E-state index contributed by atoms with van der Waals surface area (Å²) in [5.41, 5.74) is 1.09. The summed E-state index contributed by atoms with van der Waals surface area (Å²) in [6, 6.07) is 9.72. The molecule has 0 unspecified atom stereocenters. The third-order valence-corrected chi connectivity index (χ3v) is 4.34. The standard InChI is InChI=1S/C15H15F2NO3S/c1-11-2-4-12(5-3-11)21-9-8-18-22(19,20)13-6-7-14(16)15(17)10-13/h2-7,10,18H,8-9H2,1H3. The minimum Gasteiger partial charge on any atom is -0.492 e. The Hall–Kier alpha value is -1.99. The Bertz CT molecular complexity index is 746. The number of nitrogens with one attached hydrogen (secondary N) is 1. The van der Waals surface area contributed by atoms with Gasteiger partial charge in [0.15, 0.2) is 11.6 Å². The van der Waals surface area contributed by atoms with Crippen molar-refractivity contribution in [2.75, 3.05) is 13.2 Å². The van der Waals surface area contributed by atoms with Crippen LogP contribution in [0.2, 0.25) is 0 Å². The van der Waals surface area contributed by atoms with Gasteiger partial charge in [0.25, 0.3) is 0 Å². The van der Waals surface area contributed by atoms with Crippen molar-refractivity contribution >= 4 is 10.0 Å². The second kappa shape index (κ2) is 6.85. The summed E-state index contributed by atoms with van der Waals surface area (Å²) >= 11 is 0. The molecular formula is C15H15F2NO3S. The number of aryl methyl sites for hydroxylation is 1. The smallest absolute Gasteiger partial charge is 0.240 e. The summed E-state index contributed by atoms with van der Waals surface area (Å²) in [6.07, 6.45) is 0. The number of hydrogen-bond acceptors (Lipinski definition) is 3. The monoisotopic (exact) mass is 327 g/mol. The molecule has 0 radical (unpaired) electrons. The third-order valence-electron chi connectivity index (χ3n) is 2.89. The van der Waals surface area contributed by atoms with Crippen LogP contribution in [-0.2, 0) is 10.0 Å². The zero-order chi connectivity index (χ0) is 16.2. The molecule has 0 atom stereocenters. The molecule has 2 rings (SSSR count). The van der Waals surface area contributed by atoms with Gasteiger partial charge in [-0.05, 0) is 37.3 Å². The van der Waals surface area contributed by atoms with Crippen molar-refractivity contribution in [2.24, 2.45) is 0 Å². The van der Waals surface area contributed by atoms with E-state index in [-0.39, 0.29) is 18.0 Å². The van der Waals surface area contributed by atoms with E-state index in [1.807, 2.05) is 19.1 Å². The van der Waals surface area contributed by atoms with Gasteiger partial charge in [-0.2, -0.15) is 0 Å². The summed E-state index contributed by atoms with van der Waals surface area (Å²) in [7, 11) is -3.90. The van der Waals surface area contributed by atoms with Crippen molar-refractivity contribution in [3.8, 4) is 5.75 Å². The van der Waals surface area contributed by atoms with Crippen LogP contribution in [0.5, 0.6) is 5.75 Å². The van der Waals surface area contributed by atoms with Crippen LogP contribution in [0, 0.1) is 18.6 Å². The van der Waals surface area contributed by atoms with Crippen LogP contribution in [-0.4, -0.2) is 21.6 Å². The van der Waals surface area contributed by atoms with Gasteiger partial charge < -0.3 is 4.74 Å². The molecule has 0 bridgehead atoms. The normalized spacial score (nSPS) is 11.4. The van der Waals surface area contributed by atoms with Gasteiger partial charge in [0, 0.05) is 6.54 Å². The summed E-state index contributed by atoms with van der Waals surface area (Å²) in [4.78, 5) is -0.332. The maximum atomic E-state index is 13.1. The molecule has 118 valence electrons. The minimum absolute atomic E-state index is 0.00913. The maximum Gasteiger partial charge on any atom is 0.240 e. The Labute approximate surface area is 127 Å². The molecule has 2 aromatic rings. The van der Waals surface area contributed by atoms with E-state index in [0.717, 1.165) is 17.7 Å². The summed E-state index contributed by atoms with van der Waals surface area (Å²) in [6.45, 7) is 2.07. The molecule has 2 aromatic carbocycles. The highest BCUT2D eigenvalue weighted by Crippen LogP contribution is 2.14. The first-order valence-electron chi connectivity index (χ1n) is 6.53. The highest BCUT2D eigenvalue weighted by molar-refractivity contribution is 7.89. The first-order valence-corrected chi connectivity index (χ1v) is 8.01. The van der Waals surface area contributed by atoms with E-state index in [1.165, 1.54) is 0 Å². The van der Waals surface area contributed by atoms with E-state index in [4.69, 9.17) is 4.74 Å². The molecule has 0 fully saturated rings. The number of hydrogen-bond donors (Lipinski definition) is 1. The van der Waals surface area contributed by atoms with E-state index in [0.29, 0.717) is 11.8 Å². The van der Waals surface area contributed by atoms with Crippen LogP contribution in [0.1, 0.15) is 5.56 Å². The molecule has 22 heavy (non-hydrogen) atoms. The fourth-order valence-corrected chi connectivity index (χ4v) is 2.73. The molecule has 4 nitrogen and oxygen atoms in total. The zero-order valence-electron chi connectivity index (χ0n) is 11.8. The molecule has 0 amide bonds. The lowest BCUT2D eigenvalue weighted by molar-refractivity contribution is 0.323. The average molecular weight is 327 g/mol. The SMILES string of the molecule is Cc1ccc(OCCNS(=O)(=O)c2ccc(F)c(F)c2)cc1. The second-order valence-corrected chi connectivity index (χ2v) is 6.40. The van der Waals surface area contributed by atoms with Gasteiger partial charge in [-0.1, -0.05) is 17.7 Å². The molecule has 0 saturated carbocycles. The largest absolute Gasteiger partial charge is 0.492 e. The molecule has 0 aliphatic rings. The van der Waals surface area contributed by atoms with E-state index in [1.54, 1.807) is 12.1 Å². The lowest BCUT2D eigenvalue weighted by Gasteiger charge is -2.09. The minimum atomic E-state index is -3.90. The van der Waals surface area contributed by atoms with Crippen LogP contribution < -0.4 is 9.46 Å². The van der Waals surface area contributed by atoms with Crippen LogP contribution in [0.15, 0.2) is 47.4 Å². The van der Waals surface area contributed by atoms with Crippen molar-refractivity contribution in [1.29, 1.82) is 0 Å². The lowest BCUT2D eigenvalue weighted by Crippen LogP contribution is -2.28. The second-order valence-electron chi connectivity index (χ2n) is 4.64. The van der Waals surface area contributed by atoms with Crippen molar-refractivity contribution in [1.82, 2.24) is 4.72 Å². The number of rotatable bonds is 6. The maximum absolute atomic E-state index is 13.1. The third kappa shape index (κ3) is 4.25. The Morgan fingerprint density at radius 2 is 1.73 bits per heavy atom. The molecule has 0 saturated heterocycles. The Balaban J connectivity index is 1.89. The van der Waals surface area contributed by atoms with Crippen LogP contribution in [0.3, 0.4) is 0 Å². The number of ether oxygens (including phenoxy) is 1. The summed E-state index contributed by atoms with van der Waals surface area (Å²) < 4.78 is 57.3. The Morgan fingerprint density at radius 3 is 2.36 bits per heavy atom. The molecule has 0 aliphatic carbocycles. The predicted octanol–water partition coefficient (Wildman–Crippen LogP) is 2.63. The van der Waals surface area contributed by atoms with Crippen molar-refractivity contribution < 1.29 is 21.9 Å². The van der Waals surface area contributed by atoms with Crippen molar-refractivity contribution in [3.05, 3.63) is 59.7 Å². The van der Waals surface area contributed by atoms with E-state index >= 15 is 0 Å². The van der Waals surface area contributed by atoms with Crippen molar-refractivity contribution in [3.63, 3.8) is 0 Å². The van der Waals surface area contributed by atoms with Gasteiger partial charge in [-0.3, -0.25) is 0 Å². The molecular weight excluding hydrogens is 312 g/mol. The lowest BCUT2D eigenvalue weighted by atomic mass is 10.2. The molecule has 7 heteroatoms. The fourth-order valence-electron chi connectivity index (χ4n) is 1.71. The predicted molar refractivity (Wildman–Crippen MR) is 78.2 cm³/mol. The molecule has 0 aliphatic heterocycles. The number of benzene rings is 2. The molecule has 0 heterocycles. The van der Waals surface area contributed by atoms with E-state index in [9.17, 15) is 17.2 Å². The van der Waals surface area contributed by atoms with Crippen molar-refractivity contribution in [2.45, 2.75) is 11.8 Å². The fraction of sp³-hybridized carbons (Fsp3) is 0.200. The van der Waals surface area contributed by atoms with Gasteiger partial charge in [0.2, 0.25) is 10.0 Å².